The topological polar surface area (TPSA) is 149 Å². The van der Waals surface area contributed by atoms with Gasteiger partial charge in [-0.05, 0) is 98.1 Å². The number of amides is 2. The molecule has 0 aromatic heterocycles. The van der Waals surface area contributed by atoms with Gasteiger partial charge in [0.05, 0.1) is 4.48 Å². The van der Waals surface area contributed by atoms with Gasteiger partial charge in [0.1, 0.15) is 12.4 Å². The molecule has 370 valence electrons. The Hall–Kier alpha value is -4.54. The molecule has 1 aromatic rings. The van der Waals surface area contributed by atoms with Crippen LogP contribution in [-0.2, 0) is 30.3 Å². The van der Waals surface area contributed by atoms with E-state index in [9.17, 15) is 19.5 Å². The molecule has 1 aromatic carbocycles. The Morgan fingerprint density at radius 3 is 2.15 bits per heavy atom. The van der Waals surface area contributed by atoms with Crippen molar-refractivity contribution in [2.24, 2.45) is 17.8 Å². The highest BCUT2D eigenvalue weighted by molar-refractivity contribution is 9.11. The number of ketones is 1. The number of ether oxygens (including phenoxy) is 1. The molecule has 3 atom stereocenters. The largest absolute Gasteiger partial charge is 0.511 e. The first kappa shape index (κ1) is 64.7. The van der Waals surface area contributed by atoms with E-state index in [1.807, 2.05) is 80.1 Å². The van der Waals surface area contributed by atoms with Crippen molar-refractivity contribution < 1.29 is 34.1 Å². The minimum atomic E-state index is -0.250. The van der Waals surface area contributed by atoms with E-state index in [1.54, 1.807) is 6.20 Å². The van der Waals surface area contributed by atoms with Gasteiger partial charge < -0.3 is 35.4 Å². The fourth-order valence-corrected chi connectivity index (χ4v) is 7.02. The normalized spacial score (nSPS) is 14.9. The van der Waals surface area contributed by atoms with Crippen LogP contribution in [-0.4, -0.2) is 83.9 Å². The number of aliphatic hydroxyl groups is 1. The number of likely N-dealkylation sites (tertiary alicyclic amines) is 1. The monoisotopic (exact) mass is 973 g/mol. The van der Waals surface area contributed by atoms with Crippen LogP contribution in [0.1, 0.15) is 152 Å². The van der Waals surface area contributed by atoms with Gasteiger partial charge in [-0.25, -0.2) is 0 Å². The summed E-state index contributed by atoms with van der Waals surface area (Å²) in [7, 11) is 1.91. The molecule has 1 aliphatic carbocycles. The van der Waals surface area contributed by atoms with Crippen molar-refractivity contribution in [1.82, 2.24) is 15.1 Å². The summed E-state index contributed by atoms with van der Waals surface area (Å²) in [5.74, 6) is 3.00. The smallest absolute Gasteiger partial charge is 0.290 e. The van der Waals surface area contributed by atoms with E-state index in [4.69, 9.17) is 14.6 Å². The highest BCUT2D eigenvalue weighted by Gasteiger charge is 2.25. The fourth-order valence-electron chi connectivity index (χ4n) is 6.30. The third-order valence-corrected chi connectivity index (χ3v) is 11.0. The van der Waals surface area contributed by atoms with Crippen molar-refractivity contribution in [3.63, 3.8) is 0 Å². The molecule has 11 nitrogen and oxygen atoms in total. The van der Waals surface area contributed by atoms with E-state index < -0.39 is 0 Å². The number of halogens is 1. The predicted octanol–water partition coefficient (Wildman–Crippen LogP) is 12.9. The maximum Gasteiger partial charge on any atom is 0.290 e. The summed E-state index contributed by atoms with van der Waals surface area (Å²) >= 11 is 3.30. The molecule has 0 spiro atoms. The number of hydrogen-bond acceptors (Lipinski definition) is 8. The van der Waals surface area contributed by atoms with Gasteiger partial charge in [0.2, 0.25) is 18.2 Å². The molecule has 12 heteroatoms. The van der Waals surface area contributed by atoms with E-state index in [1.165, 1.54) is 51.0 Å². The molecule has 3 rings (SSSR count). The Morgan fingerprint density at radius 2 is 1.65 bits per heavy atom. The number of aliphatic hydroxyl groups excluding tert-OH is 1. The average molecular weight is 974 g/mol. The zero-order valence-corrected chi connectivity index (χ0v) is 44.0. The van der Waals surface area contributed by atoms with E-state index in [2.05, 4.69) is 93.4 Å². The number of nitrogens with one attached hydrogen (secondary N) is 2. The number of rotatable bonds is 20. The molecule has 4 N–H and O–H groups in total. The molecule has 1 aliphatic heterocycles. The van der Waals surface area contributed by atoms with Crippen molar-refractivity contribution in [2.75, 3.05) is 38.6 Å². The van der Waals surface area contributed by atoms with Crippen molar-refractivity contribution in [3.05, 3.63) is 94.3 Å². The fraction of sp³-hybridized carbons (Fsp3) is 0.604. The van der Waals surface area contributed by atoms with Crippen LogP contribution in [0, 0.1) is 17.8 Å². The van der Waals surface area contributed by atoms with Crippen LogP contribution in [0.15, 0.2) is 88.8 Å². The van der Waals surface area contributed by atoms with Gasteiger partial charge in [0, 0.05) is 50.7 Å². The van der Waals surface area contributed by atoms with Gasteiger partial charge in [-0.15, -0.1) is 0 Å². The van der Waals surface area contributed by atoms with Gasteiger partial charge in [-0.3, -0.25) is 19.2 Å². The summed E-state index contributed by atoms with van der Waals surface area (Å²) in [4.78, 5) is 45.8. The van der Waals surface area contributed by atoms with Gasteiger partial charge in [-0.2, -0.15) is 0 Å². The Balaban J connectivity index is -0.000000839. The lowest BCUT2D eigenvalue weighted by Gasteiger charge is -2.37. The lowest BCUT2D eigenvalue weighted by atomic mass is 9.94. The lowest BCUT2D eigenvalue weighted by Crippen LogP contribution is -2.45. The predicted molar refractivity (Wildman–Crippen MR) is 277 cm³/mol. The molecule has 0 saturated carbocycles. The van der Waals surface area contributed by atoms with Crippen LogP contribution in [0.3, 0.4) is 0 Å². The maximum absolute atomic E-state index is 11.6. The standard InChI is InChI=1S/C21H29N3O3.C11H24.C9H11BrO.C8H15NO.C3H8.CH2O2/c1-4-21(27-15-17(2)26)23-13-10-19(11-14-23)24(16-25)12-9-18-7-5-6-8-20(18)22-3;1-5-7-11(4)9-8-10(3)6-2;1-6-3-4-7(2)9(11)8(10)5-6;1-3-5-6-8(10)9-7-4-2;1-3-2;2-1-3/h5-8,16,19,22H,1,9-15H2,2-3H3;10-11H,5-9H2,1-4H3;3-5,7,11H,1-2H3;4,7H,3,5-6H2,1-2H3,(H,9,10);3H2,1-2H3;1H,(H,2,3)/b;;;7-4+;;. The Kier molecular flexibility index (Phi) is 43.2. The SMILES string of the molecule is C/C=C/NC(=O)CCCC.C=C=C(OCC(C)=O)N1CCC(N(C=O)CCc2ccccc2NC)CC1.CC1=CC(Br)=C(O)C(C)C=C1.CCC.CCCC(C)CCC(C)CC.O=CO. The quantitative estimate of drug-likeness (QED) is 0.0569. The van der Waals surface area contributed by atoms with E-state index in [0.717, 1.165) is 79.2 Å². The number of hydrogen-bond donors (Lipinski definition) is 4. The highest BCUT2D eigenvalue weighted by atomic mass is 79.9. The number of benzene rings is 1. The summed E-state index contributed by atoms with van der Waals surface area (Å²) in [6.07, 6.45) is 23.8. The van der Waals surface area contributed by atoms with E-state index in [-0.39, 0.29) is 36.7 Å². The molecule has 1 saturated heterocycles. The van der Waals surface area contributed by atoms with E-state index >= 15 is 0 Å². The maximum atomic E-state index is 11.6. The number of nitrogens with zero attached hydrogens (tertiary/aromatic N) is 2. The number of anilines is 1. The zero-order chi connectivity index (χ0) is 50.0. The first-order valence-corrected chi connectivity index (χ1v) is 24.5. The number of carbonyl (C=O) groups is 4. The van der Waals surface area contributed by atoms with Crippen LogP contribution in [0.4, 0.5) is 5.69 Å². The molecule has 1 fully saturated rings. The van der Waals surface area contributed by atoms with Crippen LogP contribution < -0.4 is 10.6 Å². The lowest BCUT2D eigenvalue weighted by molar-refractivity contribution is -0.123. The van der Waals surface area contributed by atoms with Gasteiger partial charge >= 0.3 is 0 Å². The second kappa shape index (κ2) is 43.4. The number of unbranched alkanes of at least 4 members (excludes halogenated alkanes) is 1. The minimum Gasteiger partial charge on any atom is -0.511 e. The Bertz CT molecular complexity index is 1590. The molecular formula is C53H89BrN4O7. The molecule has 2 amide bonds. The Labute approximate surface area is 403 Å². The third-order valence-electron chi connectivity index (χ3n) is 10.3. The summed E-state index contributed by atoms with van der Waals surface area (Å²) in [5.41, 5.74) is 6.22. The number of piperidine rings is 1. The molecule has 1 heterocycles. The number of para-hydroxylation sites is 1. The van der Waals surface area contributed by atoms with Gasteiger partial charge in [-0.1, -0.05) is 155 Å². The van der Waals surface area contributed by atoms with Crippen molar-refractivity contribution in [1.29, 1.82) is 0 Å². The first-order chi connectivity index (χ1) is 31.0. The second-order valence-electron chi connectivity index (χ2n) is 16.4. The van der Waals surface area contributed by atoms with Crippen LogP contribution >= 0.6 is 15.9 Å². The van der Waals surface area contributed by atoms with E-state index in [0.29, 0.717) is 24.6 Å². The molecule has 65 heavy (non-hydrogen) atoms. The van der Waals surface area contributed by atoms with Crippen molar-refractivity contribution in [3.8, 4) is 0 Å². The summed E-state index contributed by atoms with van der Waals surface area (Å²) < 4.78 is 6.26. The molecule has 0 radical (unpaired) electrons. The number of allylic oxidation sites excluding steroid dienone is 6. The van der Waals surface area contributed by atoms with Crippen LogP contribution in [0.25, 0.3) is 0 Å². The molecular weight excluding hydrogens is 885 g/mol. The summed E-state index contributed by atoms with van der Waals surface area (Å²) in [5, 5.41) is 22.2. The van der Waals surface area contributed by atoms with Crippen molar-refractivity contribution >= 4 is 46.2 Å². The van der Waals surface area contributed by atoms with Crippen molar-refractivity contribution in [2.45, 2.75) is 159 Å². The van der Waals surface area contributed by atoms with Gasteiger partial charge in [0.25, 0.3) is 6.47 Å². The number of Topliss-reactive ketones (excluding diaryl/α,β-unsaturated/α-hetero) is 1. The summed E-state index contributed by atoms with van der Waals surface area (Å²) in [6, 6.07) is 8.36. The molecule has 3 unspecified atom stereocenters. The molecule has 2 aliphatic rings. The minimum absolute atomic E-state index is 0.0309. The third kappa shape index (κ3) is 34.5. The Morgan fingerprint density at radius 1 is 1.05 bits per heavy atom. The van der Waals surface area contributed by atoms with Crippen LogP contribution in [0.2, 0.25) is 0 Å². The summed E-state index contributed by atoms with van der Waals surface area (Å²) in [6.45, 7) is 28.6. The van der Waals surface area contributed by atoms with Crippen LogP contribution in [0.5, 0.6) is 0 Å². The number of carboxylic acid groups (broad SMARTS) is 1. The second-order valence-corrected chi connectivity index (χ2v) is 17.3. The average Bonchev–Trinajstić information content (AvgIpc) is 3.40. The molecule has 0 bridgehead atoms. The zero-order valence-electron chi connectivity index (χ0n) is 42.4. The highest BCUT2D eigenvalue weighted by Crippen LogP contribution is 2.25. The number of carbonyl (C=O) groups excluding carboxylic acids is 3. The first-order valence-electron chi connectivity index (χ1n) is 23.7. The van der Waals surface area contributed by atoms with Gasteiger partial charge in [0.15, 0.2) is 5.78 Å².